The molecule has 1 unspecified atom stereocenters. The number of carbonyl (C=O) groups excluding carboxylic acids is 1. The molecular weight excluding hydrogens is 244 g/mol. The van der Waals surface area contributed by atoms with Gasteiger partial charge >= 0.3 is 0 Å². The molecule has 76 valence electrons. The van der Waals surface area contributed by atoms with Gasteiger partial charge in [-0.25, -0.2) is 0 Å². The van der Waals surface area contributed by atoms with Crippen LogP contribution in [0.15, 0.2) is 18.2 Å². The second-order valence-corrected chi connectivity index (χ2v) is 4.23. The predicted octanol–water partition coefficient (Wildman–Crippen LogP) is 3.56. The Morgan fingerprint density at radius 2 is 2.07 bits per heavy atom. The Morgan fingerprint density at radius 3 is 2.57 bits per heavy atom. The Bertz CT molecular complexity index is 352. The summed E-state index contributed by atoms with van der Waals surface area (Å²) in [6, 6.07) is 4.82. The van der Waals surface area contributed by atoms with E-state index in [4.69, 9.17) is 34.8 Å². The number of rotatable bonds is 2. The van der Waals surface area contributed by atoms with E-state index in [1.165, 1.54) is 0 Å². The molecule has 0 radical (unpaired) electrons. The summed E-state index contributed by atoms with van der Waals surface area (Å²) in [5.41, 5.74) is 0.508. The topological polar surface area (TPSA) is 29.1 Å². The van der Waals surface area contributed by atoms with Crippen LogP contribution in [0.3, 0.4) is 0 Å². The van der Waals surface area contributed by atoms with Gasteiger partial charge in [0.05, 0.1) is 10.7 Å². The maximum absolute atomic E-state index is 11.2. The van der Waals surface area contributed by atoms with Crippen molar-refractivity contribution >= 4 is 46.4 Å². The van der Waals surface area contributed by atoms with Gasteiger partial charge in [0.2, 0.25) is 5.91 Å². The highest BCUT2D eigenvalue weighted by Crippen LogP contribution is 2.25. The zero-order valence-electron chi connectivity index (χ0n) is 7.35. The van der Waals surface area contributed by atoms with Crippen molar-refractivity contribution in [2.24, 2.45) is 0 Å². The highest BCUT2D eigenvalue weighted by atomic mass is 35.5. The largest absolute Gasteiger partial charge is 0.323 e. The predicted molar refractivity (Wildman–Crippen MR) is 60.4 cm³/mol. The van der Waals surface area contributed by atoms with Crippen LogP contribution >= 0.6 is 34.8 Å². The lowest BCUT2D eigenvalue weighted by molar-refractivity contribution is -0.115. The molecular formula is C9H8Cl3NO. The lowest BCUT2D eigenvalue weighted by Gasteiger charge is -2.08. The summed E-state index contributed by atoms with van der Waals surface area (Å²) >= 11 is 17.1. The monoisotopic (exact) mass is 251 g/mol. The van der Waals surface area contributed by atoms with Gasteiger partial charge < -0.3 is 5.32 Å². The van der Waals surface area contributed by atoms with Crippen LogP contribution in [0.25, 0.3) is 0 Å². The molecule has 0 aliphatic carbocycles. The fourth-order valence-electron chi connectivity index (χ4n) is 0.823. The number of halogens is 3. The standard InChI is InChI=1S/C9H8Cl3NO/c1-5(10)9(14)13-8-3-2-6(11)4-7(8)12/h2-5H,1H3,(H,13,14). The molecule has 14 heavy (non-hydrogen) atoms. The normalized spacial score (nSPS) is 12.3. The van der Waals surface area contributed by atoms with Crippen LogP contribution in [0, 0.1) is 0 Å². The molecule has 0 heterocycles. The number of amides is 1. The van der Waals surface area contributed by atoms with Crippen molar-refractivity contribution in [2.45, 2.75) is 12.3 Å². The van der Waals surface area contributed by atoms with Gasteiger partial charge in [-0.15, -0.1) is 11.6 Å². The maximum atomic E-state index is 11.2. The zero-order valence-corrected chi connectivity index (χ0v) is 9.62. The second kappa shape index (κ2) is 4.87. The van der Waals surface area contributed by atoms with Crippen LogP contribution in [0.5, 0.6) is 0 Å². The first-order chi connectivity index (χ1) is 6.50. The first kappa shape index (κ1) is 11.6. The van der Waals surface area contributed by atoms with Crippen LogP contribution in [0.2, 0.25) is 10.0 Å². The highest BCUT2D eigenvalue weighted by Gasteiger charge is 2.10. The summed E-state index contributed by atoms with van der Waals surface area (Å²) in [5, 5.41) is 2.89. The maximum Gasteiger partial charge on any atom is 0.242 e. The number of nitrogens with one attached hydrogen (secondary N) is 1. The van der Waals surface area contributed by atoms with E-state index in [0.717, 1.165) is 0 Å². The summed E-state index contributed by atoms with van der Waals surface area (Å²) in [7, 11) is 0. The third-order valence-corrected chi connectivity index (χ3v) is 2.30. The number of hydrogen-bond acceptors (Lipinski definition) is 1. The Balaban J connectivity index is 2.82. The minimum atomic E-state index is -0.596. The fraction of sp³-hybridized carbons (Fsp3) is 0.222. The van der Waals surface area contributed by atoms with Gasteiger partial charge in [-0.2, -0.15) is 0 Å². The molecule has 1 rings (SSSR count). The lowest BCUT2D eigenvalue weighted by Crippen LogP contribution is -2.20. The molecule has 0 aromatic heterocycles. The number of carbonyl (C=O) groups is 1. The number of alkyl halides is 1. The van der Waals surface area contributed by atoms with Gasteiger partial charge in [0.1, 0.15) is 5.38 Å². The summed E-state index contributed by atoms with van der Waals surface area (Å²) in [5.74, 6) is -0.295. The van der Waals surface area contributed by atoms with E-state index in [2.05, 4.69) is 5.32 Å². The van der Waals surface area contributed by atoms with Crippen molar-refractivity contribution in [3.63, 3.8) is 0 Å². The molecule has 2 nitrogen and oxygen atoms in total. The Kier molecular flexibility index (Phi) is 4.05. The molecule has 1 aromatic carbocycles. The van der Waals surface area contributed by atoms with Gasteiger partial charge in [-0.05, 0) is 25.1 Å². The van der Waals surface area contributed by atoms with Crippen LogP contribution in [-0.4, -0.2) is 11.3 Å². The zero-order chi connectivity index (χ0) is 10.7. The van der Waals surface area contributed by atoms with Gasteiger partial charge in [-0.3, -0.25) is 4.79 Å². The van der Waals surface area contributed by atoms with Crippen molar-refractivity contribution < 1.29 is 4.79 Å². The molecule has 0 bridgehead atoms. The smallest absolute Gasteiger partial charge is 0.242 e. The summed E-state index contributed by atoms with van der Waals surface area (Å²) in [6.07, 6.45) is 0. The minimum Gasteiger partial charge on any atom is -0.323 e. The first-order valence-electron chi connectivity index (χ1n) is 3.90. The van der Waals surface area contributed by atoms with Crippen LogP contribution in [0.1, 0.15) is 6.92 Å². The van der Waals surface area contributed by atoms with Crippen LogP contribution in [-0.2, 0) is 4.79 Å². The van der Waals surface area contributed by atoms with E-state index in [9.17, 15) is 4.79 Å². The quantitative estimate of drug-likeness (QED) is 0.801. The van der Waals surface area contributed by atoms with E-state index < -0.39 is 5.38 Å². The molecule has 0 saturated heterocycles. The van der Waals surface area contributed by atoms with Crippen molar-refractivity contribution in [2.75, 3.05) is 5.32 Å². The molecule has 0 aliphatic heterocycles. The van der Waals surface area contributed by atoms with Crippen molar-refractivity contribution in [3.05, 3.63) is 28.2 Å². The SMILES string of the molecule is CC(Cl)C(=O)Nc1ccc(Cl)cc1Cl. The molecule has 1 atom stereocenters. The van der Waals surface area contributed by atoms with Gasteiger partial charge in [0.25, 0.3) is 0 Å². The second-order valence-electron chi connectivity index (χ2n) is 2.73. The molecule has 1 N–H and O–H groups in total. The van der Waals surface area contributed by atoms with E-state index >= 15 is 0 Å². The lowest BCUT2D eigenvalue weighted by atomic mass is 10.3. The van der Waals surface area contributed by atoms with E-state index in [1.54, 1.807) is 25.1 Å². The van der Waals surface area contributed by atoms with Gasteiger partial charge in [0, 0.05) is 5.02 Å². The van der Waals surface area contributed by atoms with Gasteiger partial charge in [0.15, 0.2) is 0 Å². The van der Waals surface area contributed by atoms with Crippen molar-refractivity contribution in [3.8, 4) is 0 Å². The van der Waals surface area contributed by atoms with Crippen molar-refractivity contribution in [1.29, 1.82) is 0 Å². The average molecular weight is 253 g/mol. The fourth-order valence-corrected chi connectivity index (χ4v) is 1.33. The highest BCUT2D eigenvalue weighted by molar-refractivity contribution is 6.37. The third-order valence-electron chi connectivity index (χ3n) is 1.55. The Hall–Kier alpha value is -0.440. The molecule has 5 heteroatoms. The van der Waals surface area contributed by atoms with Gasteiger partial charge in [-0.1, -0.05) is 23.2 Å². The molecule has 0 fully saturated rings. The molecule has 0 saturated carbocycles. The van der Waals surface area contributed by atoms with Crippen molar-refractivity contribution in [1.82, 2.24) is 0 Å². The third kappa shape index (κ3) is 3.05. The Labute approximate surface area is 97.1 Å². The molecule has 0 spiro atoms. The summed E-state index contributed by atoms with van der Waals surface area (Å²) in [6.45, 7) is 1.58. The molecule has 0 aliphatic rings. The van der Waals surface area contributed by atoms with E-state index in [1.807, 2.05) is 0 Å². The molecule has 1 amide bonds. The van der Waals surface area contributed by atoms with Crippen LogP contribution < -0.4 is 5.32 Å². The van der Waals surface area contributed by atoms with E-state index in [-0.39, 0.29) is 5.91 Å². The summed E-state index contributed by atoms with van der Waals surface area (Å²) in [4.78, 5) is 11.2. The van der Waals surface area contributed by atoms with E-state index in [0.29, 0.717) is 15.7 Å². The Morgan fingerprint density at radius 1 is 1.43 bits per heavy atom. The number of benzene rings is 1. The number of hydrogen-bond donors (Lipinski definition) is 1. The first-order valence-corrected chi connectivity index (χ1v) is 5.10. The van der Waals surface area contributed by atoms with Crippen LogP contribution in [0.4, 0.5) is 5.69 Å². The number of anilines is 1. The average Bonchev–Trinajstić information content (AvgIpc) is 2.09. The summed E-state index contributed by atoms with van der Waals surface area (Å²) < 4.78 is 0. The molecule has 1 aromatic rings. The minimum absolute atomic E-state index is 0.295.